The molecule has 1 aromatic carbocycles. The zero-order chi connectivity index (χ0) is 14.9. The molecule has 4 heteroatoms. The maximum atomic E-state index is 12.5. The fraction of sp³-hybridized carbons (Fsp3) is 0.588. The lowest BCUT2D eigenvalue weighted by Crippen LogP contribution is -2.48. The molecule has 3 rings (SSSR count). The first kappa shape index (κ1) is 14.4. The molecule has 0 radical (unpaired) electrons. The fourth-order valence-corrected chi connectivity index (χ4v) is 3.42. The van der Waals surface area contributed by atoms with Crippen LogP contribution in [-0.2, 0) is 4.74 Å². The molecular weight excluding hydrogens is 264 g/mol. The minimum absolute atomic E-state index is 0.0228. The van der Waals surface area contributed by atoms with Crippen molar-refractivity contribution in [2.24, 2.45) is 5.41 Å². The van der Waals surface area contributed by atoms with Crippen LogP contribution in [0, 0.1) is 19.3 Å². The number of rotatable bonds is 1. The molecule has 1 unspecified atom stereocenters. The minimum atomic E-state index is 0.0228. The van der Waals surface area contributed by atoms with Gasteiger partial charge in [-0.3, -0.25) is 0 Å². The molecule has 0 bridgehead atoms. The number of aryl methyl sites for hydroxylation is 2. The van der Waals surface area contributed by atoms with Crippen molar-refractivity contribution in [1.29, 1.82) is 0 Å². The topological polar surface area (TPSA) is 41.6 Å². The Bertz CT molecular complexity index is 536. The Hall–Kier alpha value is -1.55. The number of ether oxygens (including phenoxy) is 1. The second kappa shape index (κ2) is 5.68. The molecular formula is C17H24N2O2. The molecule has 4 nitrogen and oxygen atoms in total. The van der Waals surface area contributed by atoms with Crippen LogP contribution >= 0.6 is 0 Å². The summed E-state index contributed by atoms with van der Waals surface area (Å²) in [5.41, 5.74) is 3.39. The molecule has 2 saturated heterocycles. The quantitative estimate of drug-likeness (QED) is 0.861. The van der Waals surface area contributed by atoms with Crippen LogP contribution < -0.4 is 5.32 Å². The average Bonchev–Trinajstić information content (AvgIpc) is 2.91. The summed E-state index contributed by atoms with van der Waals surface area (Å²) in [6, 6.07) is 6.17. The van der Waals surface area contributed by atoms with Crippen molar-refractivity contribution in [3.05, 3.63) is 29.3 Å². The highest BCUT2D eigenvalue weighted by Gasteiger charge is 2.40. The third-order valence-electron chi connectivity index (χ3n) is 4.77. The average molecular weight is 288 g/mol. The molecule has 0 aliphatic carbocycles. The van der Waals surface area contributed by atoms with E-state index >= 15 is 0 Å². The maximum Gasteiger partial charge on any atom is 0.321 e. The van der Waals surface area contributed by atoms with Crippen molar-refractivity contribution in [2.45, 2.75) is 33.1 Å². The van der Waals surface area contributed by atoms with E-state index < -0.39 is 0 Å². The van der Waals surface area contributed by atoms with E-state index in [-0.39, 0.29) is 11.4 Å². The van der Waals surface area contributed by atoms with E-state index in [1.165, 1.54) is 6.42 Å². The summed E-state index contributed by atoms with van der Waals surface area (Å²) in [5.74, 6) is 0. The normalized spacial score (nSPS) is 25.3. The summed E-state index contributed by atoms with van der Waals surface area (Å²) >= 11 is 0. The number of amides is 2. The number of carbonyl (C=O) groups excluding carboxylic acids is 1. The summed E-state index contributed by atoms with van der Waals surface area (Å²) in [6.07, 6.45) is 3.34. The Labute approximate surface area is 126 Å². The van der Waals surface area contributed by atoms with Crippen molar-refractivity contribution in [3.63, 3.8) is 0 Å². The van der Waals surface area contributed by atoms with Gasteiger partial charge in [-0.15, -0.1) is 0 Å². The zero-order valence-electron chi connectivity index (χ0n) is 12.9. The number of carbonyl (C=O) groups is 1. The van der Waals surface area contributed by atoms with Gasteiger partial charge < -0.3 is 15.0 Å². The first-order chi connectivity index (χ1) is 10.1. The van der Waals surface area contributed by atoms with Gasteiger partial charge in [-0.2, -0.15) is 0 Å². The van der Waals surface area contributed by atoms with E-state index in [1.807, 2.05) is 30.9 Å². The third kappa shape index (κ3) is 3.05. The highest BCUT2D eigenvalue weighted by atomic mass is 16.5. The van der Waals surface area contributed by atoms with E-state index in [2.05, 4.69) is 11.4 Å². The van der Waals surface area contributed by atoms with Gasteiger partial charge in [0.15, 0.2) is 0 Å². The Balaban J connectivity index is 1.68. The molecule has 114 valence electrons. The fourth-order valence-electron chi connectivity index (χ4n) is 3.42. The van der Waals surface area contributed by atoms with Gasteiger partial charge in [0.1, 0.15) is 0 Å². The lowest BCUT2D eigenvalue weighted by atomic mass is 9.79. The minimum Gasteiger partial charge on any atom is -0.381 e. The number of likely N-dealkylation sites (tertiary alicyclic amines) is 1. The van der Waals surface area contributed by atoms with Gasteiger partial charge in [-0.1, -0.05) is 12.1 Å². The number of piperidine rings is 1. The van der Waals surface area contributed by atoms with E-state index in [0.29, 0.717) is 0 Å². The van der Waals surface area contributed by atoms with Crippen molar-refractivity contribution < 1.29 is 9.53 Å². The second-order valence-corrected chi connectivity index (χ2v) is 6.58. The summed E-state index contributed by atoms with van der Waals surface area (Å²) in [6.45, 7) is 7.38. The van der Waals surface area contributed by atoms with Crippen LogP contribution in [0.3, 0.4) is 0 Å². The molecule has 2 aliphatic heterocycles. The largest absolute Gasteiger partial charge is 0.381 e. The maximum absolute atomic E-state index is 12.5. The standard InChI is InChI=1S/C17H24N2O2/c1-13-4-5-14(2)15(10-13)18-16(20)19-8-3-6-17(11-19)7-9-21-12-17/h4-5,10H,3,6-9,11-12H2,1-2H3,(H,18,20). The lowest BCUT2D eigenvalue weighted by Gasteiger charge is -2.39. The smallest absolute Gasteiger partial charge is 0.321 e. The summed E-state index contributed by atoms with van der Waals surface area (Å²) < 4.78 is 5.56. The second-order valence-electron chi connectivity index (χ2n) is 6.58. The zero-order valence-corrected chi connectivity index (χ0v) is 12.9. The van der Waals surface area contributed by atoms with Gasteiger partial charge in [0.25, 0.3) is 0 Å². The highest BCUT2D eigenvalue weighted by molar-refractivity contribution is 5.90. The third-order valence-corrected chi connectivity index (χ3v) is 4.77. The summed E-state index contributed by atoms with van der Waals surface area (Å²) in [5, 5.41) is 3.07. The molecule has 2 amide bonds. The number of hydrogen-bond donors (Lipinski definition) is 1. The molecule has 0 aromatic heterocycles. The van der Waals surface area contributed by atoms with E-state index in [9.17, 15) is 4.79 Å². The Morgan fingerprint density at radius 2 is 2.19 bits per heavy atom. The van der Waals surface area contributed by atoms with Crippen LogP contribution in [0.4, 0.5) is 10.5 Å². The lowest BCUT2D eigenvalue weighted by molar-refractivity contribution is 0.0867. The number of anilines is 1. The van der Waals surface area contributed by atoms with Crippen LogP contribution in [0.5, 0.6) is 0 Å². The van der Waals surface area contributed by atoms with Crippen LogP contribution in [0.2, 0.25) is 0 Å². The predicted octanol–water partition coefficient (Wildman–Crippen LogP) is 3.34. The van der Waals surface area contributed by atoms with Gasteiger partial charge in [-0.05, 0) is 50.3 Å². The van der Waals surface area contributed by atoms with E-state index in [4.69, 9.17) is 4.74 Å². The number of nitrogens with one attached hydrogen (secondary N) is 1. The van der Waals surface area contributed by atoms with Crippen LogP contribution in [0.25, 0.3) is 0 Å². The molecule has 21 heavy (non-hydrogen) atoms. The van der Waals surface area contributed by atoms with Gasteiger partial charge in [0.2, 0.25) is 0 Å². The molecule has 2 fully saturated rings. The summed E-state index contributed by atoms with van der Waals surface area (Å²) in [7, 11) is 0. The number of urea groups is 1. The first-order valence-corrected chi connectivity index (χ1v) is 7.79. The molecule has 1 spiro atoms. The predicted molar refractivity (Wildman–Crippen MR) is 83.6 cm³/mol. The van der Waals surface area contributed by atoms with Gasteiger partial charge >= 0.3 is 6.03 Å². The SMILES string of the molecule is Cc1ccc(C)c(NC(=O)N2CCCC3(CCOC3)C2)c1. The first-order valence-electron chi connectivity index (χ1n) is 7.79. The van der Waals surface area contributed by atoms with Crippen LogP contribution in [0.15, 0.2) is 18.2 Å². The highest BCUT2D eigenvalue weighted by Crippen LogP contribution is 2.37. The molecule has 1 aromatic rings. The Morgan fingerprint density at radius 1 is 1.33 bits per heavy atom. The van der Waals surface area contributed by atoms with E-state index in [0.717, 1.165) is 56.0 Å². The van der Waals surface area contributed by atoms with Crippen LogP contribution in [0.1, 0.15) is 30.4 Å². The Kier molecular flexibility index (Phi) is 3.89. The monoisotopic (exact) mass is 288 g/mol. The van der Waals surface area contributed by atoms with Crippen molar-refractivity contribution in [2.75, 3.05) is 31.6 Å². The Morgan fingerprint density at radius 3 is 2.95 bits per heavy atom. The number of nitrogens with zero attached hydrogens (tertiary/aromatic N) is 1. The van der Waals surface area contributed by atoms with Crippen molar-refractivity contribution in [1.82, 2.24) is 4.90 Å². The van der Waals surface area contributed by atoms with Crippen LogP contribution in [-0.4, -0.2) is 37.2 Å². The van der Waals surface area contributed by atoms with Crippen molar-refractivity contribution >= 4 is 11.7 Å². The van der Waals surface area contributed by atoms with Gasteiger partial charge in [0.05, 0.1) is 6.61 Å². The molecule has 2 heterocycles. The summed E-state index contributed by atoms with van der Waals surface area (Å²) in [4.78, 5) is 14.5. The number of benzene rings is 1. The van der Waals surface area contributed by atoms with Crippen molar-refractivity contribution in [3.8, 4) is 0 Å². The number of hydrogen-bond acceptors (Lipinski definition) is 2. The van der Waals surface area contributed by atoms with E-state index in [1.54, 1.807) is 0 Å². The molecule has 1 N–H and O–H groups in total. The van der Waals surface area contributed by atoms with Gasteiger partial charge in [-0.25, -0.2) is 4.79 Å². The molecule has 0 saturated carbocycles. The van der Waals surface area contributed by atoms with Gasteiger partial charge in [0, 0.05) is 30.8 Å². The molecule has 1 atom stereocenters. The molecule has 2 aliphatic rings.